The SMILES string of the molecule is CCN(CC)CCN(C)Cc1cccc(C(=O)Nc2ccc(N3CCCC3)cc2C(=O)N/N=C\c2ccc(Cl)c(C(F)(F)F)c2)c1. The van der Waals surface area contributed by atoms with Crippen LogP contribution in [0.5, 0.6) is 0 Å². The molecule has 4 rings (SSSR count). The molecule has 0 aromatic heterocycles. The van der Waals surface area contributed by atoms with Gasteiger partial charge in [-0.3, -0.25) is 9.59 Å². The number of amides is 2. The molecule has 1 aliphatic rings. The van der Waals surface area contributed by atoms with Crippen molar-refractivity contribution in [3.63, 3.8) is 0 Å². The van der Waals surface area contributed by atoms with Crippen LogP contribution in [0.3, 0.4) is 0 Å². The molecule has 3 aromatic carbocycles. The summed E-state index contributed by atoms with van der Waals surface area (Å²) < 4.78 is 39.8. The van der Waals surface area contributed by atoms with E-state index in [9.17, 15) is 22.8 Å². The fraction of sp³-hybridized carbons (Fsp3) is 0.382. The van der Waals surface area contributed by atoms with E-state index in [1.54, 1.807) is 18.2 Å². The maximum absolute atomic E-state index is 13.4. The van der Waals surface area contributed by atoms with E-state index >= 15 is 0 Å². The number of hydrogen-bond donors (Lipinski definition) is 2. The second-order valence-corrected chi connectivity index (χ2v) is 11.7. The van der Waals surface area contributed by atoms with Crippen LogP contribution in [0, 0.1) is 0 Å². The first kappa shape index (κ1) is 34.9. The lowest BCUT2D eigenvalue weighted by Crippen LogP contribution is -2.32. The summed E-state index contributed by atoms with van der Waals surface area (Å²) in [4.78, 5) is 33.5. The van der Waals surface area contributed by atoms with Gasteiger partial charge in [0.2, 0.25) is 0 Å². The maximum Gasteiger partial charge on any atom is 0.417 e. The number of nitrogens with one attached hydrogen (secondary N) is 2. The molecule has 1 heterocycles. The van der Waals surface area contributed by atoms with Gasteiger partial charge in [-0.15, -0.1) is 0 Å². The Hall–Kier alpha value is -3.93. The molecule has 2 amide bonds. The monoisotopic (exact) mass is 656 g/mol. The molecular formula is C34H40ClF3N6O2. The van der Waals surface area contributed by atoms with Gasteiger partial charge in [0.1, 0.15) is 0 Å². The lowest BCUT2D eigenvalue weighted by atomic mass is 10.1. The van der Waals surface area contributed by atoms with Crippen molar-refractivity contribution >= 4 is 41.0 Å². The molecule has 1 fully saturated rings. The van der Waals surface area contributed by atoms with Crippen LogP contribution in [0.1, 0.15) is 64.1 Å². The molecule has 3 aromatic rings. The van der Waals surface area contributed by atoms with Crippen LogP contribution in [0.2, 0.25) is 5.02 Å². The average molecular weight is 657 g/mol. The first-order chi connectivity index (χ1) is 22.0. The molecule has 46 heavy (non-hydrogen) atoms. The van der Waals surface area contributed by atoms with Gasteiger partial charge in [-0.25, -0.2) is 5.43 Å². The predicted octanol–water partition coefficient (Wildman–Crippen LogP) is 6.75. The minimum atomic E-state index is -4.63. The number of halogens is 4. The van der Waals surface area contributed by atoms with Gasteiger partial charge >= 0.3 is 6.18 Å². The number of carbonyl (C=O) groups excluding carboxylic acids is 2. The summed E-state index contributed by atoms with van der Waals surface area (Å²) in [7, 11) is 2.05. The van der Waals surface area contributed by atoms with Gasteiger partial charge in [0.05, 0.1) is 28.1 Å². The summed E-state index contributed by atoms with van der Waals surface area (Å²) >= 11 is 5.70. The van der Waals surface area contributed by atoms with E-state index in [1.807, 2.05) is 31.3 Å². The number of likely N-dealkylation sites (N-methyl/N-ethyl adjacent to an activating group) is 2. The highest BCUT2D eigenvalue weighted by atomic mass is 35.5. The van der Waals surface area contributed by atoms with Crippen LogP contribution in [0.15, 0.2) is 65.8 Å². The van der Waals surface area contributed by atoms with Gasteiger partial charge in [0.25, 0.3) is 11.8 Å². The van der Waals surface area contributed by atoms with E-state index in [0.29, 0.717) is 12.1 Å². The number of hydrazone groups is 1. The fourth-order valence-corrected chi connectivity index (χ4v) is 5.54. The normalized spacial score (nSPS) is 13.6. The number of benzene rings is 3. The van der Waals surface area contributed by atoms with Gasteiger partial charge in [0.15, 0.2) is 0 Å². The van der Waals surface area contributed by atoms with Gasteiger partial charge in [0, 0.05) is 44.0 Å². The lowest BCUT2D eigenvalue weighted by Gasteiger charge is -2.23. The molecule has 0 saturated carbocycles. The van der Waals surface area contributed by atoms with Crippen molar-refractivity contribution in [2.45, 2.75) is 39.4 Å². The zero-order valence-electron chi connectivity index (χ0n) is 26.3. The summed E-state index contributed by atoms with van der Waals surface area (Å²) in [5, 5.41) is 6.32. The van der Waals surface area contributed by atoms with Crippen LogP contribution in [-0.2, 0) is 12.7 Å². The Morgan fingerprint density at radius 3 is 2.41 bits per heavy atom. The van der Waals surface area contributed by atoms with Crippen molar-refractivity contribution in [3.05, 3.63) is 93.5 Å². The topological polar surface area (TPSA) is 80.3 Å². The van der Waals surface area contributed by atoms with E-state index in [2.05, 4.69) is 44.4 Å². The molecule has 0 unspecified atom stereocenters. The number of nitrogens with zero attached hydrogens (tertiary/aromatic N) is 4. The van der Waals surface area contributed by atoms with E-state index in [0.717, 1.165) is 81.7 Å². The molecule has 8 nitrogen and oxygen atoms in total. The number of carbonyl (C=O) groups is 2. The second-order valence-electron chi connectivity index (χ2n) is 11.3. The molecule has 1 aliphatic heterocycles. The number of alkyl halides is 3. The van der Waals surface area contributed by atoms with E-state index in [4.69, 9.17) is 11.6 Å². The molecule has 246 valence electrons. The molecular weight excluding hydrogens is 617 g/mol. The Balaban J connectivity index is 1.50. The highest BCUT2D eigenvalue weighted by Gasteiger charge is 2.33. The summed E-state index contributed by atoms with van der Waals surface area (Å²) in [6, 6.07) is 16.0. The zero-order chi connectivity index (χ0) is 33.3. The molecule has 0 aliphatic carbocycles. The average Bonchev–Trinajstić information content (AvgIpc) is 3.57. The largest absolute Gasteiger partial charge is 0.417 e. The minimum Gasteiger partial charge on any atom is -0.372 e. The van der Waals surface area contributed by atoms with Crippen molar-refractivity contribution in [1.29, 1.82) is 0 Å². The van der Waals surface area contributed by atoms with Crippen molar-refractivity contribution < 1.29 is 22.8 Å². The number of hydrogen-bond acceptors (Lipinski definition) is 6. The van der Waals surface area contributed by atoms with Crippen LogP contribution < -0.4 is 15.6 Å². The van der Waals surface area contributed by atoms with Crippen LogP contribution in [0.25, 0.3) is 0 Å². The van der Waals surface area contributed by atoms with Crippen molar-refractivity contribution in [1.82, 2.24) is 15.2 Å². The van der Waals surface area contributed by atoms with E-state index in [1.165, 1.54) is 6.07 Å². The third-order valence-electron chi connectivity index (χ3n) is 7.98. The highest BCUT2D eigenvalue weighted by molar-refractivity contribution is 6.31. The Morgan fingerprint density at radius 2 is 1.72 bits per heavy atom. The zero-order valence-corrected chi connectivity index (χ0v) is 27.1. The van der Waals surface area contributed by atoms with Gasteiger partial charge in [-0.1, -0.05) is 43.6 Å². The third kappa shape index (κ3) is 9.54. The van der Waals surface area contributed by atoms with Crippen molar-refractivity contribution in [3.8, 4) is 0 Å². The summed E-state index contributed by atoms with van der Waals surface area (Å²) in [6.45, 7) is 10.5. The maximum atomic E-state index is 13.4. The smallest absolute Gasteiger partial charge is 0.372 e. The van der Waals surface area contributed by atoms with Gasteiger partial charge in [-0.2, -0.15) is 18.3 Å². The molecule has 0 atom stereocenters. The third-order valence-corrected chi connectivity index (χ3v) is 8.31. The summed E-state index contributed by atoms with van der Waals surface area (Å²) in [6.07, 6.45) is -1.46. The molecule has 0 radical (unpaired) electrons. The second kappa shape index (κ2) is 16.1. The van der Waals surface area contributed by atoms with Gasteiger partial charge in [-0.05, 0) is 86.6 Å². The van der Waals surface area contributed by atoms with Crippen molar-refractivity contribution in [2.24, 2.45) is 5.10 Å². The van der Waals surface area contributed by atoms with Crippen LogP contribution in [0.4, 0.5) is 24.5 Å². The first-order valence-electron chi connectivity index (χ1n) is 15.4. The van der Waals surface area contributed by atoms with E-state index in [-0.39, 0.29) is 22.7 Å². The lowest BCUT2D eigenvalue weighted by molar-refractivity contribution is -0.137. The molecule has 0 spiro atoms. The quantitative estimate of drug-likeness (QED) is 0.157. The summed E-state index contributed by atoms with van der Waals surface area (Å²) in [5.74, 6) is -0.999. The number of rotatable bonds is 13. The fourth-order valence-electron chi connectivity index (χ4n) is 5.32. The van der Waals surface area contributed by atoms with Crippen molar-refractivity contribution in [2.75, 3.05) is 56.5 Å². The Kier molecular flexibility index (Phi) is 12.2. The van der Waals surface area contributed by atoms with Gasteiger partial charge < -0.3 is 20.0 Å². The predicted molar refractivity (Wildman–Crippen MR) is 178 cm³/mol. The standard InChI is InChI=1S/C34H40ClF3N6O2/c1-4-43(5-2)18-17-42(3)23-25-9-8-10-26(19-25)32(45)40-31-14-12-27(44-15-6-7-16-44)21-28(31)33(46)41-39-22-24-11-13-30(35)29(20-24)34(36,37)38/h8-14,19-22H,4-7,15-18,23H2,1-3H3,(H,40,45)(H,41,46)/b39-22-. The highest BCUT2D eigenvalue weighted by Crippen LogP contribution is 2.35. The Labute approximate surface area is 273 Å². The molecule has 2 N–H and O–H groups in total. The molecule has 12 heteroatoms. The van der Waals surface area contributed by atoms with Crippen LogP contribution >= 0.6 is 11.6 Å². The number of anilines is 2. The van der Waals surface area contributed by atoms with Crippen LogP contribution in [-0.4, -0.2) is 74.1 Å². The molecule has 0 bridgehead atoms. The Bertz CT molecular complexity index is 1540. The first-order valence-corrected chi connectivity index (χ1v) is 15.8. The summed E-state index contributed by atoms with van der Waals surface area (Å²) in [5.41, 5.74) is 4.22. The minimum absolute atomic E-state index is 0.106. The Morgan fingerprint density at radius 1 is 0.978 bits per heavy atom. The molecule has 1 saturated heterocycles. The van der Waals surface area contributed by atoms with E-state index < -0.39 is 22.7 Å².